The molecule has 5 nitrogen and oxygen atoms in total. The lowest BCUT2D eigenvalue weighted by Gasteiger charge is -2.43. The van der Waals surface area contributed by atoms with Crippen LogP contribution in [0.15, 0.2) is 18.5 Å². The van der Waals surface area contributed by atoms with E-state index >= 15 is 0 Å². The fourth-order valence-electron chi connectivity index (χ4n) is 3.56. The van der Waals surface area contributed by atoms with Gasteiger partial charge in [-0.3, -0.25) is 9.88 Å². The van der Waals surface area contributed by atoms with E-state index in [0.29, 0.717) is 5.54 Å². The van der Waals surface area contributed by atoms with Gasteiger partial charge in [-0.2, -0.15) is 11.8 Å². The van der Waals surface area contributed by atoms with Crippen LogP contribution in [-0.2, 0) is 11.3 Å². The summed E-state index contributed by atoms with van der Waals surface area (Å²) in [5.41, 5.74) is 2.81. The third-order valence-corrected chi connectivity index (χ3v) is 6.13. The molecule has 2 aliphatic rings. The highest BCUT2D eigenvalue weighted by Gasteiger charge is 2.40. The number of anilines is 1. The van der Waals surface area contributed by atoms with Crippen LogP contribution < -0.4 is 10.2 Å². The Morgan fingerprint density at radius 3 is 2.91 bits per heavy atom. The molecule has 3 heterocycles. The smallest absolute Gasteiger partial charge is 0.0594 e. The largest absolute Gasteiger partial charge is 0.379 e. The average molecular weight is 337 g/mol. The second kappa shape index (κ2) is 7.83. The van der Waals surface area contributed by atoms with Crippen molar-refractivity contribution in [2.75, 3.05) is 63.3 Å². The van der Waals surface area contributed by atoms with Crippen LogP contribution in [0.25, 0.3) is 0 Å². The van der Waals surface area contributed by atoms with E-state index in [-0.39, 0.29) is 0 Å². The van der Waals surface area contributed by atoms with E-state index in [2.05, 4.69) is 52.0 Å². The molecule has 0 bridgehead atoms. The van der Waals surface area contributed by atoms with Gasteiger partial charge in [0.15, 0.2) is 0 Å². The van der Waals surface area contributed by atoms with Crippen molar-refractivity contribution in [3.05, 3.63) is 24.0 Å². The van der Waals surface area contributed by atoms with E-state index in [1.54, 1.807) is 0 Å². The monoisotopic (exact) mass is 336 g/mol. The first-order chi connectivity index (χ1) is 11.2. The van der Waals surface area contributed by atoms with Crippen LogP contribution in [-0.4, -0.2) is 73.9 Å². The lowest BCUT2D eigenvalue weighted by atomic mass is 9.95. The van der Waals surface area contributed by atoms with Crippen molar-refractivity contribution in [3.63, 3.8) is 0 Å². The second-order valence-corrected chi connectivity index (χ2v) is 7.73. The van der Waals surface area contributed by atoms with Crippen molar-refractivity contribution >= 4 is 17.4 Å². The third kappa shape index (κ3) is 3.99. The van der Waals surface area contributed by atoms with Gasteiger partial charge >= 0.3 is 0 Å². The average Bonchev–Trinajstić information content (AvgIpc) is 3.06. The minimum atomic E-state index is 0.301. The summed E-state index contributed by atoms with van der Waals surface area (Å²) < 4.78 is 5.54. The van der Waals surface area contributed by atoms with E-state index in [0.717, 1.165) is 39.4 Å². The topological polar surface area (TPSA) is 40.6 Å². The molecule has 128 valence electrons. The summed E-state index contributed by atoms with van der Waals surface area (Å²) in [5.74, 6) is 2.50. The number of nitrogens with one attached hydrogen (secondary N) is 1. The zero-order valence-corrected chi connectivity index (χ0v) is 15.1. The standard InChI is InChI=1S/C17H28N4OS/c1-20(2)16-3-5-18-11-15(16)12-19-13-17(4-10-23-14-17)21-6-8-22-9-7-21/h3,5,11,19H,4,6-10,12-14H2,1-2H3/t17-/m0/s1. The van der Waals surface area contributed by atoms with E-state index < -0.39 is 0 Å². The van der Waals surface area contributed by atoms with E-state index in [1.807, 2.05) is 12.4 Å². The number of aromatic nitrogens is 1. The fraction of sp³-hybridized carbons (Fsp3) is 0.706. The molecule has 6 heteroatoms. The van der Waals surface area contributed by atoms with Crippen LogP contribution in [0.5, 0.6) is 0 Å². The van der Waals surface area contributed by atoms with Gasteiger partial charge in [0, 0.05) is 75.2 Å². The summed E-state index contributed by atoms with van der Waals surface area (Å²) >= 11 is 2.09. The van der Waals surface area contributed by atoms with Gasteiger partial charge < -0.3 is 15.0 Å². The Bertz CT molecular complexity index is 499. The maximum atomic E-state index is 5.54. The third-order valence-electron chi connectivity index (χ3n) is 4.89. The maximum absolute atomic E-state index is 5.54. The Balaban J connectivity index is 1.62. The Hall–Kier alpha value is -0.820. The first kappa shape index (κ1) is 17.0. The molecule has 2 aliphatic heterocycles. The molecule has 1 aromatic rings. The van der Waals surface area contributed by atoms with Crippen molar-refractivity contribution in [2.24, 2.45) is 0 Å². The van der Waals surface area contributed by atoms with Crippen LogP contribution >= 0.6 is 11.8 Å². The lowest BCUT2D eigenvalue weighted by Crippen LogP contribution is -2.58. The van der Waals surface area contributed by atoms with Crippen molar-refractivity contribution in [1.82, 2.24) is 15.2 Å². The molecule has 0 aromatic carbocycles. The zero-order chi connectivity index (χ0) is 16.1. The van der Waals surface area contributed by atoms with Crippen molar-refractivity contribution in [2.45, 2.75) is 18.5 Å². The Morgan fingerprint density at radius 1 is 1.39 bits per heavy atom. The molecular weight excluding hydrogens is 308 g/mol. The van der Waals surface area contributed by atoms with Gasteiger partial charge in [-0.15, -0.1) is 0 Å². The minimum Gasteiger partial charge on any atom is -0.379 e. The molecule has 2 fully saturated rings. The van der Waals surface area contributed by atoms with Crippen LogP contribution in [0.3, 0.4) is 0 Å². The van der Waals surface area contributed by atoms with Crippen molar-refractivity contribution in [3.8, 4) is 0 Å². The SMILES string of the molecule is CN(C)c1ccncc1CNC[C@@]1(N2CCOCC2)CCSC1. The molecule has 1 N–H and O–H groups in total. The van der Waals surface area contributed by atoms with Crippen molar-refractivity contribution < 1.29 is 4.74 Å². The zero-order valence-electron chi connectivity index (χ0n) is 14.3. The number of hydrogen-bond donors (Lipinski definition) is 1. The summed E-state index contributed by atoms with van der Waals surface area (Å²) in [6, 6.07) is 2.08. The summed E-state index contributed by atoms with van der Waals surface area (Å²) in [6.07, 6.45) is 5.12. The van der Waals surface area contributed by atoms with Crippen LogP contribution in [0.2, 0.25) is 0 Å². The van der Waals surface area contributed by atoms with Gasteiger partial charge in [0.25, 0.3) is 0 Å². The lowest BCUT2D eigenvalue weighted by molar-refractivity contribution is -0.0134. The molecule has 2 saturated heterocycles. The summed E-state index contributed by atoms with van der Waals surface area (Å²) in [7, 11) is 4.17. The number of pyridine rings is 1. The Kier molecular flexibility index (Phi) is 5.80. The summed E-state index contributed by atoms with van der Waals surface area (Å²) in [4.78, 5) is 9.09. The highest BCUT2D eigenvalue weighted by atomic mass is 32.2. The van der Waals surface area contributed by atoms with Gasteiger partial charge in [0.2, 0.25) is 0 Å². The van der Waals surface area contributed by atoms with Gasteiger partial charge in [0.05, 0.1) is 13.2 Å². The summed E-state index contributed by atoms with van der Waals surface area (Å²) in [6.45, 7) is 5.80. The number of hydrogen-bond acceptors (Lipinski definition) is 6. The molecule has 0 aliphatic carbocycles. The fourth-order valence-corrected chi connectivity index (χ4v) is 5.03. The van der Waals surface area contributed by atoms with Crippen LogP contribution in [0.1, 0.15) is 12.0 Å². The first-order valence-corrected chi connectivity index (χ1v) is 9.58. The molecule has 0 spiro atoms. The number of morpholine rings is 1. The molecule has 0 saturated carbocycles. The van der Waals surface area contributed by atoms with E-state index in [1.165, 1.54) is 29.2 Å². The van der Waals surface area contributed by atoms with Crippen molar-refractivity contribution in [1.29, 1.82) is 0 Å². The molecule has 0 radical (unpaired) electrons. The normalized spacial score (nSPS) is 25.7. The predicted octanol–water partition coefficient (Wildman–Crippen LogP) is 1.45. The molecular formula is C17H28N4OS. The number of rotatable bonds is 6. The van der Waals surface area contributed by atoms with Gasteiger partial charge in [0.1, 0.15) is 0 Å². The maximum Gasteiger partial charge on any atom is 0.0594 e. The Labute approximate surface area is 143 Å². The number of thioether (sulfide) groups is 1. The highest BCUT2D eigenvalue weighted by Crippen LogP contribution is 2.33. The molecule has 23 heavy (non-hydrogen) atoms. The Morgan fingerprint density at radius 2 is 2.22 bits per heavy atom. The van der Waals surface area contributed by atoms with Crippen LogP contribution in [0, 0.1) is 0 Å². The van der Waals surface area contributed by atoms with Gasteiger partial charge in [-0.1, -0.05) is 0 Å². The quantitative estimate of drug-likeness (QED) is 0.848. The van der Waals surface area contributed by atoms with E-state index in [9.17, 15) is 0 Å². The molecule has 0 amide bonds. The molecule has 1 atom stereocenters. The van der Waals surface area contributed by atoms with Gasteiger partial charge in [-0.25, -0.2) is 0 Å². The molecule has 0 unspecified atom stereocenters. The molecule has 1 aromatic heterocycles. The second-order valence-electron chi connectivity index (χ2n) is 6.63. The minimum absolute atomic E-state index is 0.301. The van der Waals surface area contributed by atoms with E-state index in [4.69, 9.17) is 4.74 Å². The van der Waals surface area contributed by atoms with Gasteiger partial charge in [-0.05, 0) is 18.2 Å². The number of ether oxygens (including phenoxy) is 1. The predicted molar refractivity (Wildman–Crippen MR) is 97.3 cm³/mol. The molecule has 3 rings (SSSR count). The first-order valence-electron chi connectivity index (χ1n) is 8.43. The highest BCUT2D eigenvalue weighted by molar-refractivity contribution is 7.99. The number of nitrogens with zero attached hydrogens (tertiary/aromatic N) is 3. The summed E-state index contributed by atoms with van der Waals surface area (Å²) in [5, 5.41) is 3.71. The van der Waals surface area contributed by atoms with Crippen LogP contribution in [0.4, 0.5) is 5.69 Å².